The molecular weight excluding hydrogens is 160 g/mol. The molecule has 0 N–H and O–H groups in total. The molecule has 0 aromatic carbocycles. The molecule has 74 valence electrons. The molecule has 1 aliphatic rings. The van der Waals surface area contributed by atoms with Crippen molar-refractivity contribution in [3.05, 3.63) is 11.6 Å². The van der Waals surface area contributed by atoms with Crippen LogP contribution in [0.15, 0.2) is 11.6 Å². The van der Waals surface area contributed by atoms with E-state index in [0.29, 0.717) is 11.2 Å². The van der Waals surface area contributed by atoms with Crippen molar-refractivity contribution < 1.29 is 4.79 Å². The summed E-state index contributed by atoms with van der Waals surface area (Å²) < 4.78 is 0. The van der Waals surface area contributed by atoms with Gasteiger partial charge in [-0.25, -0.2) is 0 Å². The second-order valence-corrected chi connectivity index (χ2v) is 4.72. The van der Waals surface area contributed by atoms with Gasteiger partial charge in [0.2, 0.25) is 0 Å². The van der Waals surface area contributed by atoms with E-state index in [1.54, 1.807) is 6.92 Å². The summed E-state index contributed by atoms with van der Waals surface area (Å²) >= 11 is 0. The molecule has 13 heavy (non-hydrogen) atoms. The van der Waals surface area contributed by atoms with Crippen LogP contribution in [0.5, 0.6) is 0 Å². The molecule has 0 unspecified atom stereocenters. The number of Topliss-reactive ketones (excluding diaryl/α,β-unsaturated/α-hetero) is 1. The second-order valence-electron chi connectivity index (χ2n) is 4.72. The van der Waals surface area contributed by atoms with E-state index in [1.165, 1.54) is 24.8 Å². The lowest BCUT2D eigenvalue weighted by Crippen LogP contribution is -2.30. The molecule has 0 radical (unpaired) electrons. The van der Waals surface area contributed by atoms with Crippen molar-refractivity contribution in [2.45, 2.75) is 52.9 Å². The molecular formula is C12H20O. The van der Waals surface area contributed by atoms with E-state index in [-0.39, 0.29) is 0 Å². The predicted molar refractivity (Wildman–Crippen MR) is 55.6 cm³/mol. The molecule has 1 saturated carbocycles. The van der Waals surface area contributed by atoms with Crippen LogP contribution in [0, 0.1) is 5.41 Å². The standard InChI is InChI=1S/C12H20O/c1-10(2)5-8-12(6-4-7-12)9-11(3)13/h5H,4,6-9H2,1-3H3. The Morgan fingerprint density at radius 1 is 1.31 bits per heavy atom. The van der Waals surface area contributed by atoms with E-state index in [4.69, 9.17) is 0 Å². The van der Waals surface area contributed by atoms with Crippen LogP contribution >= 0.6 is 0 Å². The molecule has 0 atom stereocenters. The summed E-state index contributed by atoms with van der Waals surface area (Å²) in [4.78, 5) is 11.1. The summed E-state index contributed by atoms with van der Waals surface area (Å²) in [6.45, 7) is 5.96. The lowest BCUT2D eigenvalue weighted by Gasteiger charge is -2.41. The molecule has 1 aliphatic carbocycles. The highest BCUT2D eigenvalue weighted by Gasteiger charge is 2.36. The lowest BCUT2D eigenvalue weighted by molar-refractivity contribution is -0.120. The van der Waals surface area contributed by atoms with Gasteiger partial charge in [-0.1, -0.05) is 18.1 Å². The normalized spacial score (nSPS) is 19.0. The van der Waals surface area contributed by atoms with Gasteiger partial charge in [0.25, 0.3) is 0 Å². The minimum atomic E-state index is 0.349. The molecule has 0 amide bonds. The van der Waals surface area contributed by atoms with E-state index < -0.39 is 0 Å². The maximum absolute atomic E-state index is 11.1. The third kappa shape index (κ3) is 2.98. The maximum Gasteiger partial charge on any atom is 0.130 e. The monoisotopic (exact) mass is 180 g/mol. The van der Waals surface area contributed by atoms with Crippen molar-refractivity contribution in [3.63, 3.8) is 0 Å². The molecule has 0 saturated heterocycles. The van der Waals surface area contributed by atoms with Gasteiger partial charge < -0.3 is 4.79 Å². The third-order valence-electron chi connectivity index (χ3n) is 2.98. The van der Waals surface area contributed by atoms with Gasteiger partial charge in [-0.05, 0) is 45.4 Å². The van der Waals surface area contributed by atoms with Crippen LogP contribution in [0.25, 0.3) is 0 Å². The highest BCUT2D eigenvalue weighted by atomic mass is 16.1. The van der Waals surface area contributed by atoms with Gasteiger partial charge in [0.05, 0.1) is 0 Å². The molecule has 0 aromatic heterocycles. The highest BCUT2D eigenvalue weighted by Crippen LogP contribution is 2.47. The van der Waals surface area contributed by atoms with Gasteiger partial charge >= 0.3 is 0 Å². The number of ketones is 1. The van der Waals surface area contributed by atoms with Crippen LogP contribution in [0.4, 0.5) is 0 Å². The van der Waals surface area contributed by atoms with Crippen molar-refractivity contribution in [3.8, 4) is 0 Å². The van der Waals surface area contributed by atoms with E-state index in [0.717, 1.165) is 12.8 Å². The van der Waals surface area contributed by atoms with Crippen LogP contribution in [0.2, 0.25) is 0 Å². The van der Waals surface area contributed by atoms with Gasteiger partial charge in [-0.15, -0.1) is 0 Å². The lowest BCUT2D eigenvalue weighted by atomic mass is 9.64. The van der Waals surface area contributed by atoms with Crippen LogP contribution in [-0.4, -0.2) is 5.78 Å². The first-order chi connectivity index (χ1) is 6.04. The Kier molecular flexibility index (Phi) is 3.29. The average molecular weight is 180 g/mol. The summed E-state index contributed by atoms with van der Waals surface area (Å²) in [6, 6.07) is 0. The SMILES string of the molecule is CC(=O)CC1(CC=C(C)C)CCC1. The second kappa shape index (κ2) is 4.08. The fraction of sp³-hybridized carbons (Fsp3) is 0.750. The zero-order valence-electron chi connectivity index (χ0n) is 9.02. The first-order valence-electron chi connectivity index (χ1n) is 5.17. The minimum absolute atomic E-state index is 0.349. The van der Waals surface area contributed by atoms with Gasteiger partial charge in [-0.2, -0.15) is 0 Å². The van der Waals surface area contributed by atoms with Crippen molar-refractivity contribution in [2.24, 2.45) is 5.41 Å². The molecule has 1 nitrogen and oxygen atoms in total. The summed E-state index contributed by atoms with van der Waals surface area (Å²) in [6.07, 6.45) is 7.98. The van der Waals surface area contributed by atoms with Crippen molar-refractivity contribution in [1.82, 2.24) is 0 Å². The molecule has 1 fully saturated rings. The molecule has 1 heteroatoms. The third-order valence-corrected chi connectivity index (χ3v) is 2.98. The number of carbonyl (C=O) groups is 1. The van der Waals surface area contributed by atoms with Crippen LogP contribution < -0.4 is 0 Å². The summed E-state index contributed by atoms with van der Waals surface area (Å²) in [5, 5.41) is 0. The fourth-order valence-corrected chi connectivity index (χ4v) is 2.08. The Morgan fingerprint density at radius 3 is 2.23 bits per heavy atom. The van der Waals surface area contributed by atoms with Crippen LogP contribution in [0.1, 0.15) is 52.9 Å². The van der Waals surface area contributed by atoms with Crippen molar-refractivity contribution in [1.29, 1.82) is 0 Å². The smallest absolute Gasteiger partial charge is 0.130 e. The number of rotatable bonds is 4. The number of allylic oxidation sites excluding steroid dienone is 2. The van der Waals surface area contributed by atoms with Gasteiger partial charge in [0.15, 0.2) is 0 Å². The van der Waals surface area contributed by atoms with Crippen LogP contribution in [0.3, 0.4) is 0 Å². The molecule has 1 rings (SSSR count). The quantitative estimate of drug-likeness (QED) is 0.605. The first-order valence-corrected chi connectivity index (χ1v) is 5.17. The number of hydrogen-bond acceptors (Lipinski definition) is 1. The van der Waals surface area contributed by atoms with Crippen LogP contribution in [-0.2, 0) is 4.79 Å². The molecule has 0 bridgehead atoms. The van der Waals surface area contributed by atoms with Gasteiger partial charge in [0.1, 0.15) is 5.78 Å². The van der Waals surface area contributed by atoms with E-state index in [9.17, 15) is 4.79 Å². The predicted octanol–water partition coefficient (Wildman–Crippen LogP) is 3.49. The molecule has 0 aromatic rings. The fourth-order valence-electron chi connectivity index (χ4n) is 2.08. The average Bonchev–Trinajstić information content (AvgIpc) is 1.93. The van der Waals surface area contributed by atoms with Crippen molar-refractivity contribution in [2.75, 3.05) is 0 Å². The van der Waals surface area contributed by atoms with Gasteiger partial charge in [0, 0.05) is 6.42 Å². The summed E-state index contributed by atoms with van der Waals surface area (Å²) in [5.74, 6) is 0.349. The minimum Gasteiger partial charge on any atom is -0.300 e. The van der Waals surface area contributed by atoms with E-state index >= 15 is 0 Å². The maximum atomic E-state index is 11.1. The highest BCUT2D eigenvalue weighted by molar-refractivity contribution is 5.76. The Labute approximate surface area is 81.2 Å². The van der Waals surface area contributed by atoms with E-state index in [1.807, 2.05) is 0 Å². The Balaban J connectivity index is 2.50. The van der Waals surface area contributed by atoms with Gasteiger partial charge in [-0.3, -0.25) is 0 Å². The zero-order valence-corrected chi connectivity index (χ0v) is 9.02. The molecule has 0 aliphatic heterocycles. The molecule has 0 spiro atoms. The Bertz CT molecular complexity index is 217. The number of carbonyl (C=O) groups excluding carboxylic acids is 1. The topological polar surface area (TPSA) is 17.1 Å². The zero-order chi connectivity index (χ0) is 9.90. The summed E-state index contributed by atoms with van der Waals surface area (Å²) in [7, 11) is 0. The number of hydrogen-bond donors (Lipinski definition) is 0. The van der Waals surface area contributed by atoms with Crippen molar-refractivity contribution >= 4 is 5.78 Å². The van der Waals surface area contributed by atoms with E-state index in [2.05, 4.69) is 19.9 Å². The first kappa shape index (κ1) is 10.5. The largest absolute Gasteiger partial charge is 0.300 e. The Morgan fingerprint density at radius 2 is 1.92 bits per heavy atom. The molecule has 0 heterocycles. The summed E-state index contributed by atoms with van der Waals surface area (Å²) in [5.41, 5.74) is 1.72. The Hall–Kier alpha value is -0.590.